The molecule has 0 aliphatic carbocycles. The number of methoxy groups -OCH3 is 1. The third-order valence-electron chi connectivity index (χ3n) is 3.98. The summed E-state index contributed by atoms with van der Waals surface area (Å²) < 4.78 is 10.5. The number of ether oxygens (including phenoxy) is 1. The van der Waals surface area contributed by atoms with E-state index in [0.717, 1.165) is 5.56 Å². The summed E-state index contributed by atoms with van der Waals surface area (Å²) in [6.45, 7) is 1.90. The van der Waals surface area contributed by atoms with E-state index >= 15 is 0 Å². The first-order chi connectivity index (χ1) is 13.6. The molecule has 2 aromatic carbocycles. The van der Waals surface area contributed by atoms with Gasteiger partial charge in [-0.15, -0.1) is 0 Å². The molecule has 2 N–H and O–H groups in total. The number of benzene rings is 2. The minimum atomic E-state index is -0.464. The van der Waals surface area contributed by atoms with E-state index in [4.69, 9.17) is 9.15 Å². The molecule has 0 radical (unpaired) electrons. The van der Waals surface area contributed by atoms with E-state index in [9.17, 15) is 9.59 Å². The number of carbonyl (C=O) groups is 2. The number of rotatable bonds is 5. The van der Waals surface area contributed by atoms with Crippen molar-refractivity contribution in [3.63, 3.8) is 0 Å². The molecule has 0 bridgehead atoms. The van der Waals surface area contributed by atoms with Crippen LogP contribution in [0.15, 0.2) is 70.2 Å². The maximum atomic E-state index is 11.9. The lowest BCUT2D eigenvalue weighted by atomic mass is 10.1. The number of furan rings is 1. The first-order valence-electron chi connectivity index (χ1n) is 8.51. The summed E-state index contributed by atoms with van der Waals surface area (Å²) in [6, 6.07) is 17.3. The Bertz CT molecular complexity index is 1020. The summed E-state index contributed by atoms with van der Waals surface area (Å²) in [5.41, 5.74) is 5.04. The van der Waals surface area contributed by atoms with Crippen molar-refractivity contribution in [3.8, 4) is 11.3 Å². The summed E-state index contributed by atoms with van der Waals surface area (Å²) >= 11 is 0. The molecule has 3 aromatic rings. The zero-order valence-electron chi connectivity index (χ0n) is 15.4. The second-order valence-corrected chi connectivity index (χ2v) is 5.88. The minimum absolute atomic E-state index is 0.401. The normalized spacial score (nSPS) is 10.6. The molecule has 0 aliphatic rings. The number of esters is 1. The number of hydrogen-bond donors (Lipinski definition) is 2. The van der Waals surface area contributed by atoms with Crippen molar-refractivity contribution in [3.05, 3.63) is 77.6 Å². The molecule has 0 unspecified atom stereocenters. The van der Waals surface area contributed by atoms with Crippen LogP contribution in [0.5, 0.6) is 0 Å². The number of amides is 2. The van der Waals surface area contributed by atoms with Gasteiger partial charge in [0, 0.05) is 11.3 Å². The Hall–Kier alpha value is -3.87. The maximum Gasteiger partial charge on any atom is 0.339 e. The number of carbonyl (C=O) groups excluding carboxylic acids is 2. The monoisotopic (exact) mass is 377 g/mol. The third kappa shape index (κ3) is 4.45. The molecule has 0 aliphatic heterocycles. The molecule has 0 saturated carbocycles. The largest absolute Gasteiger partial charge is 0.465 e. The lowest BCUT2D eigenvalue weighted by Crippen LogP contribution is -2.24. The lowest BCUT2D eigenvalue weighted by molar-refractivity contribution is 0.0601. The maximum absolute atomic E-state index is 11.9. The fourth-order valence-electron chi connectivity index (χ4n) is 2.57. The second kappa shape index (κ2) is 8.68. The van der Waals surface area contributed by atoms with Crippen molar-refractivity contribution in [1.29, 1.82) is 0 Å². The third-order valence-corrected chi connectivity index (χ3v) is 3.98. The van der Waals surface area contributed by atoms with Crippen LogP contribution in [0.25, 0.3) is 11.3 Å². The average Bonchev–Trinajstić information content (AvgIpc) is 3.18. The van der Waals surface area contributed by atoms with Crippen molar-refractivity contribution in [1.82, 2.24) is 5.43 Å². The van der Waals surface area contributed by atoms with Crippen LogP contribution in [-0.2, 0) is 4.74 Å². The quantitative estimate of drug-likeness (QED) is 0.396. The molecule has 1 heterocycles. The Balaban J connectivity index is 1.66. The van der Waals surface area contributed by atoms with Crippen LogP contribution in [0.4, 0.5) is 10.5 Å². The van der Waals surface area contributed by atoms with Gasteiger partial charge in [0.05, 0.1) is 18.9 Å². The van der Waals surface area contributed by atoms with Gasteiger partial charge >= 0.3 is 12.0 Å². The van der Waals surface area contributed by atoms with Gasteiger partial charge < -0.3 is 14.5 Å². The molecule has 7 heteroatoms. The summed E-state index contributed by atoms with van der Waals surface area (Å²) in [7, 11) is 1.33. The van der Waals surface area contributed by atoms with Crippen molar-refractivity contribution >= 4 is 23.9 Å². The summed E-state index contributed by atoms with van der Waals surface area (Å²) in [5, 5.41) is 6.58. The van der Waals surface area contributed by atoms with E-state index in [1.165, 1.54) is 13.3 Å². The Labute approximate surface area is 162 Å². The predicted molar refractivity (Wildman–Crippen MR) is 106 cm³/mol. The molecule has 7 nitrogen and oxygen atoms in total. The summed E-state index contributed by atoms with van der Waals surface area (Å²) in [4.78, 5) is 23.8. The van der Waals surface area contributed by atoms with Gasteiger partial charge in [0.25, 0.3) is 0 Å². The summed E-state index contributed by atoms with van der Waals surface area (Å²) in [6.07, 6.45) is 1.38. The molecule has 0 spiro atoms. The minimum Gasteiger partial charge on any atom is -0.465 e. The van der Waals surface area contributed by atoms with E-state index in [1.807, 2.05) is 25.1 Å². The molecule has 28 heavy (non-hydrogen) atoms. The zero-order chi connectivity index (χ0) is 19.9. The first-order valence-corrected chi connectivity index (χ1v) is 8.51. The van der Waals surface area contributed by atoms with Gasteiger partial charge in [-0.25, -0.2) is 15.0 Å². The van der Waals surface area contributed by atoms with Crippen molar-refractivity contribution < 1.29 is 18.7 Å². The molecular weight excluding hydrogens is 358 g/mol. The van der Waals surface area contributed by atoms with Crippen molar-refractivity contribution in [2.45, 2.75) is 6.92 Å². The average molecular weight is 377 g/mol. The molecular formula is C21H19N3O4. The van der Waals surface area contributed by atoms with Gasteiger partial charge in [-0.3, -0.25) is 0 Å². The Morgan fingerprint density at radius 2 is 1.79 bits per heavy atom. The Kier molecular flexibility index (Phi) is 5.86. The highest BCUT2D eigenvalue weighted by Crippen LogP contribution is 2.26. The van der Waals surface area contributed by atoms with E-state index in [2.05, 4.69) is 15.8 Å². The van der Waals surface area contributed by atoms with Gasteiger partial charge in [0.1, 0.15) is 11.5 Å². The van der Waals surface area contributed by atoms with Crippen LogP contribution in [0, 0.1) is 6.92 Å². The molecule has 0 atom stereocenters. The lowest BCUT2D eigenvalue weighted by Gasteiger charge is -2.06. The SMILES string of the molecule is COC(=O)c1ccccc1-c1ccc(C=NNC(=O)Nc2ccccc2C)o1. The van der Waals surface area contributed by atoms with Crippen molar-refractivity contribution in [2.24, 2.45) is 5.10 Å². The zero-order valence-corrected chi connectivity index (χ0v) is 15.4. The van der Waals surface area contributed by atoms with E-state index in [0.29, 0.717) is 28.3 Å². The van der Waals surface area contributed by atoms with Gasteiger partial charge in [-0.1, -0.05) is 36.4 Å². The number of urea groups is 1. The number of aryl methyl sites for hydroxylation is 1. The van der Waals surface area contributed by atoms with Crippen LogP contribution >= 0.6 is 0 Å². The number of hydrogen-bond acceptors (Lipinski definition) is 5. The van der Waals surface area contributed by atoms with Crippen LogP contribution in [0.2, 0.25) is 0 Å². The topological polar surface area (TPSA) is 92.9 Å². The number of nitrogens with one attached hydrogen (secondary N) is 2. The first kappa shape index (κ1) is 18.9. The van der Waals surface area contributed by atoms with Gasteiger partial charge in [0.15, 0.2) is 0 Å². The molecule has 142 valence electrons. The standard InChI is InChI=1S/C21H19N3O4/c1-14-7-3-6-10-18(14)23-21(26)24-22-13-15-11-12-19(28-15)16-8-4-5-9-17(16)20(25)27-2/h3-13H,1-2H3,(H2,23,24,26). The Morgan fingerprint density at radius 3 is 2.57 bits per heavy atom. The summed E-state index contributed by atoms with van der Waals surface area (Å²) in [5.74, 6) is 0.467. The molecule has 3 rings (SSSR count). The number of hydrazone groups is 1. The highest BCUT2D eigenvalue weighted by Gasteiger charge is 2.15. The smallest absolute Gasteiger partial charge is 0.339 e. The van der Waals surface area contributed by atoms with Crippen LogP contribution in [-0.4, -0.2) is 25.3 Å². The van der Waals surface area contributed by atoms with Crippen LogP contribution in [0.1, 0.15) is 21.7 Å². The van der Waals surface area contributed by atoms with E-state index in [1.54, 1.807) is 42.5 Å². The fourth-order valence-corrected chi connectivity index (χ4v) is 2.57. The molecule has 0 saturated heterocycles. The number of nitrogens with zero attached hydrogens (tertiary/aromatic N) is 1. The van der Waals surface area contributed by atoms with Crippen LogP contribution < -0.4 is 10.7 Å². The number of para-hydroxylation sites is 1. The molecule has 0 fully saturated rings. The fraction of sp³-hybridized carbons (Fsp3) is 0.0952. The predicted octanol–water partition coefficient (Wildman–Crippen LogP) is 4.20. The van der Waals surface area contributed by atoms with Gasteiger partial charge in [-0.05, 0) is 36.8 Å². The highest BCUT2D eigenvalue weighted by atomic mass is 16.5. The highest BCUT2D eigenvalue weighted by molar-refractivity contribution is 5.96. The van der Waals surface area contributed by atoms with Crippen LogP contribution in [0.3, 0.4) is 0 Å². The van der Waals surface area contributed by atoms with E-state index in [-0.39, 0.29) is 0 Å². The second-order valence-electron chi connectivity index (χ2n) is 5.88. The molecule has 2 amide bonds. The molecule has 1 aromatic heterocycles. The van der Waals surface area contributed by atoms with Gasteiger partial charge in [-0.2, -0.15) is 5.10 Å². The number of anilines is 1. The van der Waals surface area contributed by atoms with Gasteiger partial charge in [0.2, 0.25) is 0 Å². The van der Waals surface area contributed by atoms with E-state index < -0.39 is 12.0 Å². The Morgan fingerprint density at radius 1 is 1.04 bits per heavy atom. The van der Waals surface area contributed by atoms with Crippen molar-refractivity contribution in [2.75, 3.05) is 12.4 Å².